The van der Waals surface area contributed by atoms with E-state index in [-0.39, 0.29) is 0 Å². The van der Waals surface area contributed by atoms with E-state index in [0.29, 0.717) is 12.4 Å². The van der Waals surface area contributed by atoms with Crippen molar-refractivity contribution in [2.24, 2.45) is 0 Å². The van der Waals surface area contributed by atoms with Gasteiger partial charge in [-0.3, -0.25) is 0 Å². The average Bonchev–Trinajstić information content (AvgIpc) is 2.49. The van der Waals surface area contributed by atoms with Crippen molar-refractivity contribution in [3.8, 4) is 0 Å². The van der Waals surface area contributed by atoms with Gasteiger partial charge in [0.2, 0.25) is 0 Å². The first-order valence-electron chi connectivity index (χ1n) is 4.74. The van der Waals surface area contributed by atoms with Gasteiger partial charge in [0.25, 0.3) is 0 Å². The van der Waals surface area contributed by atoms with Crippen LogP contribution in [0.5, 0.6) is 0 Å². The molecule has 0 saturated heterocycles. The molecule has 2 aromatic rings. The lowest BCUT2D eigenvalue weighted by Gasteiger charge is -2.05. The number of aromatic nitrogens is 4. The van der Waals surface area contributed by atoms with E-state index in [1.54, 1.807) is 6.20 Å². The summed E-state index contributed by atoms with van der Waals surface area (Å²) in [5.74, 6) is 2.20. The van der Waals surface area contributed by atoms with Gasteiger partial charge in [0.05, 0.1) is 6.54 Å². The second-order valence-corrected chi connectivity index (χ2v) is 3.41. The van der Waals surface area contributed by atoms with Crippen molar-refractivity contribution in [2.45, 2.75) is 20.4 Å². The second kappa shape index (κ2) is 3.68. The molecule has 78 valence electrons. The zero-order chi connectivity index (χ0) is 10.8. The molecule has 0 spiro atoms. The molecule has 0 amide bonds. The third-order valence-electron chi connectivity index (χ3n) is 2.21. The average molecular weight is 203 g/mol. The Bertz CT molecular complexity index is 474. The smallest absolute Gasteiger partial charge is 0.147 e. The molecule has 2 N–H and O–H groups in total. The molecule has 0 saturated carbocycles. The van der Waals surface area contributed by atoms with Crippen LogP contribution in [0.3, 0.4) is 0 Å². The first kappa shape index (κ1) is 9.64. The minimum Gasteiger partial charge on any atom is -0.383 e. The van der Waals surface area contributed by atoms with Gasteiger partial charge >= 0.3 is 0 Å². The summed E-state index contributed by atoms with van der Waals surface area (Å²) >= 11 is 0. The summed E-state index contributed by atoms with van der Waals surface area (Å²) in [6.45, 7) is 4.41. The maximum Gasteiger partial charge on any atom is 0.147 e. The van der Waals surface area contributed by atoms with Gasteiger partial charge in [-0.05, 0) is 19.9 Å². The summed E-state index contributed by atoms with van der Waals surface area (Å²) < 4.78 is 1.82. The van der Waals surface area contributed by atoms with Gasteiger partial charge in [-0.25, -0.2) is 14.6 Å². The monoisotopic (exact) mass is 203 g/mol. The van der Waals surface area contributed by atoms with Crippen molar-refractivity contribution in [1.29, 1.82) is 0 Å². The normalized spacial score (nSPS) is 10.5. The predicted octanol–water partition coefficient (Wildman–Crippen LogP) is 0.920. The van der Waals surface area contributed by atoms with Gasteiger partial charge in [-0.15, -0.1) is 0 Å². The lowest BCUT2D eigenvalue weighted by Crippen LogP contribution is -2.07. The molecule has 0 bridgehead atoms. The Labute approximate surface area is 88.0 Å². The minimum atomic E-state index is 0.546. The minimum absolute atomic E-state index is 0.546. The first-order chi connectivity index (χ1) is 7.16. The van der Waals surface area contributed by atoms with Crippen LogP contribution in [-0.4, -0.2) is 19.7 Å². The fourth-order valence-corrected chi connectivity index (χ4v) is 1.46. The first-order valence-corrected chi connectivity index (χ1v) is 4.74. The van der Waals surface area contributed by atoms with Crippen LogP contribution in [0.25, 0.3) is 0 Å². The fourth-order valence-electron chi connectivity index (χ4n) is 1.46. The summed E-state index contributed by atoms with van der Waals surface area (Å²) in [6.07, 6.45) is 1.68. The molecular formula is C10H13N5. The number of aryl methyl sites for hydroxylation is 2. The van der Waals surface area contributed by atoms with E-state index in [2.05, 4.69) is 15.1 Å². The zero-order valence-corrected chi connectivity index (χ0v) is 8.81. The Hall–Kier alpha value is -1.91. The van der Waals surface area contributed by atoms with Crippen molar-refractivity contribution in [2.75, 3.05) is 5.73 Å². The lowest BCUT2D eigenvalue weighted by molar-refractivity contribution is 0.656. The van der Waals surface area contributed by atoms with E-state index in [9.17, 15) is 0 Å². The number of anilines is 1. The van der Waals surface area contributed by atoms with Crippen LogP contribution >= 0.6 is 0 Å². The Morgan fingerprint density at radius 3 is 2.80 bits per heavy atom. The van der Waals surface area contributed by atoms with Gasteiger partial charge in [0.1, 0.15) is 17.5 Å². The quantitative estimate of drug-likeness (QED) is 0.788. The van der Waals surface area contributed by atoms with Crippen LogP contribution in [0.15, 0.2) is 18.3 Å². The van der Waals surface area contributed by atoms with Crippen molar-refractivity contribution in [3.63, 3.8) is 0 Å². The molecule has 2 aromatic heterocycles. The van der Waals surface area contributed by atoms with Crippen molar-refractivity contribution in [3.05, 3.63) is 35.5 Å². The van der Waals surface area contributed by atoms with Crippen LogP contribution < -0.4 is 5.73 Å². The molecule has 2 heterocycles. The van der Waals surface area contributed by atoms with Crippen molar-refractivity contribution >= 4 is 5.82 Å². The van der Waals surface area contributed by atoms with Crippen molar-refractivity contribution in [1.82, 2.24) is 19.7 Å². The molecule has 0 aliphatic rings. The highest BCUT2D eigenvalue weighted by Crippen LogP contribution is 2.09. The highest BCUT2D eigenvalue weighted by Gasteiger charge is 2.05. The van der Waals surface area contributed by atoms with Crippen LogP contribution in [-0.2, 0) is 6.54 Å². The van der Waals surface area contributed by atoms with E-state index >= 15 is 0 Å². The third kappa shape index (κ3) is 1.96. The summed E-state index contributed by atoms with van der Waals surface area (Å²) in [5.41, 5.74) is 6.72. The number of hydrogen-bond donors (Lipinski definition) is 1. The Balaban J connectivity index is 2.29. The van der Waals surface area contributed by atoms with Crippen molar-refractivity contribution < 1.29 is 0 Å². The molecule has 2 rings (SSSR count). The maximum atomic E-state index is 5.75. The molecule has 0 atom stereocenters. The largest absolute Gasteiger partial charge is 0.383 e. The standard InChI is InChI=1S/C10H13N5/c1-7-13-8(2)15(14-7)6-9-4-3-5-12-10(9)11/h3-5H,6H2,1-2H3,(H2,11,12). The Morgan fingerprint density at radius 2 is 2.20 bits per heavy atom. The molecule has 0 aliphatic carbocycles. The van der Waals surface area contributed by atoms with Gasteiger partial charge in [0, 0.05) is 11.8 Å². The van der Waals surface area contributed by atoms with Crippen LogP contribution in [0, 0.1) is 13.8 Å². The van der Waals surface area contributed by atoms with E-state index < -0.39 is 0 Å². The highest BCUT2D eigenvalue weighted by atomic mass is 15.3. The van der Waals surface area contributed by atoms with E-state index in [1.165, 1.54) is 0 Å². The van der Waals surface area contributed by atoms with E-state index in [0.717, 1.165) is 17.2 Å². The molecule has 0 radical (unpaired) electrons. The predicted molar refractivity (Wildman–Crippen MR) is 57.2 cm³/mol. The van der Waals surface area contributed by atoms with Gasteiger partial charge in [0.15, 0.2) is 0 Å². The summed E-state index contributed by atoms with van der Waals surface area (Å²) in [4.78, 5) is 8.26. The van der Waals surface area contributed by atoms with Crippen LogP contribution in [0.4, 0.5) is 5.82 Å². The van der Waals surface area contributed by atoms with Crippen LogP contribution in [0.1, 0.15) is 17.2 Å². The van der Waals surface area contributed by atoms with E-state index in [4.69, 9.17) is 5.73 Å². The number of nitrogens with zero attached hydrogens (tertiary/aromatic N) is 4. The maximum absolute atomic E-state index is 5.75. The van der Waals surface area contributed by atoms with Gasteiger partial charge < -0.3 is 5.73 Å². The van der Waals surface area contributed by atoms with Gasteiger partial charge in [-0.1, -0.05) is 6.07 Å². The van der Waals surface area contributed by atoms with Crippen LogP contribution in [0.2, 0.25) is 0 Å². The Morgan fingerprint density at radius 1 is 1.40 bits per heavy atom. The summed E-state index contributed by atoms with van der Waals surface area (Å²) in [5, 5.41) is 4.27. The second-order valence-electron chi connectivity index (χ2n) is 3.41. The molecule has 15 heavy (non-hydrogen) atoms. The topological polar surface area (TPSA) is 69.6 Å². The Kier molecular flexibility index (Phi) is 2.37. The fraction of sp³-hybridized carbons (Fsp3) is 0.300. The number of pyridine rings is 1. The number of nitrogens with two attached hydrogens (primary N) is 1. The highest BCUT2D eigenvalue weighted by molar-refractivity contribution is 5.38. The molecular weight excluding hydrogens is 190 g/mol. The molecule has 0 aliphatic heterocycles. The molecule has 5 nitrogen and oxygen atoms in total. The zero-order valence-electron chi connectivity index (χ0n) is 8.81. The molecule has 0 unspecified atom stereocenters. The summed E-state index contributed by atoms with van der Waals surface area (Å²) in [6, 6.07) is 3.81. The lowest BCUT2D eigenvalue weighted by atomic mass is 10.2. The molecule has 0 aromatic carbocycles. The third-order valence-corrected chi connectivity index (χ3v) is 2.21. The van der Waals surface area contributed by atoms with E-state index in [1.807, 2.05) is 30.7 Å². The summed E-state index contributed by atoms with van der Waals surface area (Å²) in [7, 11) is 0. The van der Waals surface area contributed by atoms with Gasteiger partial charge in [-0.2, -0.15) is 5.10 Å². The molecule has 5 heteroatoms. The SMILES string of the molecule is Cc1nc(C)n(Cc2cccnc2N)n1. The number of hydrogen-bond acceptors (Lipinski definition) is 4. The number of rotatable bonds is 2. The number of nitrogen functional groups attached to an aromatic ring is 1. The molecule has 0 fully saturated rings.